The van der Waals surface area contributed by atoms with E-state index in [-0.39, 0.29) is 0 Å². The lowest BCUT2D eigenvalue weighted by atomic mass is 10.0. The maximum atomic E-state index is 6.05. The summed E-state index contributed by atoms with van der Waals surface area (Å²) in [6, 6.07) is 24.8. The Morgan fingerprint density at radius 1 is 0.857 bits per heavy atom. The van der Waals surface area contributed by atoms with E-state index in [4.69, 9.17) is 27.9 Å². The van der Waals surface area contributed by atoms with E-state index in [0.717, 1.165) is 30.7 Å². The second kappa shape index (κ2) is 10.5. The van der Waals surface area contributed by atoms with Gasteiger partial charge in [0.05, 0.1) is 10.0 Å². The van der Waals surface area contributed by atoms with E-state index < -0.39 is 0 Å². The SMILES string of the molecule is CCCC(NCc1ccc(OCc2ccc(Cl)c(Cl)c2)cc1)c1ccccc1. The molecule has 2 nitrogen and oxygen atoms in total. The molecule has 0 bridgehead atoms. The van der Waals surface area contributed by atoms with Gasteiger partial charge in [-0.05, 0) is 47.4 Å². The van der Waals surface area contributed by atoms with Gasteiger partial charge in [-0.25, -0.2) is 0 Å². The smallest absolute Gasteiger partial charge is 0.119 e. The molecular formula is C24H25Cl2NO. The van der Waals surface area contributed by atoms with Crippen molar-refractivity contribution < 1.29 is 4.74 Å². The van der Waals surface area contributed by atoms with Gasteiger partial charge in [0.15, 0.2) is 0 Å². The van der Waals surface area contributed by atoms with Crippen molar-refractivity contribution in [3.63, 3.8) is 0 Å². The van der Waals surface area contributed by atoms with Gasteiger partial charge in [-0.1, -0.05) is 85.1 Å². The van der Waals surface area contributed by atoms with Crippen LogP contribution in [-0.4, -0.2) is 0 Å². The van der Waals surface area contributed by atoms with Gasteiger partial charge in [0.25, 0.3) is 0 Å². The lowest BCUT2D eigenvalue weighted by Crippen LogP contribution is -2.20. The van der Waals surface area contributed by atoms with Gasteiger partial charge < -0.3 is 10.1 Å². The summed E-state index contributed by atoms with van der Waals surface area (Å²) in [6.07, 6.45) is 2.27. The third kappa shape index (κ3) is 6.00. The van der Waals surface area contributed by atoms with Gasteiger partial charge in [-0.15, -0.1) is 0 Å². The van der Waals surface area contributed by atoms with Crippen molar-refractivity contribution in [2.45, 2.75) is 39.0 Å². The minimum Gasteiger partial charge on any atom is -0.489 e. The van der Waals surface area contributed by atoms with E-state index in [1.54, 1.807) is 6.07 Å². The van der Waals surface area contributed by atoms with Gasteiger partial charge in [0.1, 0.15) is 12.4 Å². The molecule has 1 unspecified atom stereocenters. The van der Waals surface area contributed by atoms with Crippen molar-refractivity contribution in [1.82, 2.24) is 5.32 Å². The molecule has 0 aliphatic heterocycles. The highest BCUT2D eigenvalue weighted by molar-refractivity contribution is 6.42. The van der Waals surface area contributed by atoms with Crippen LogP contribution in [0.25, 0.3) is 0 Å². The molecule has 0 heterocycles. The fraction of sp³-hybridized carbons (Fsp3) is 0.250. The van der Waals surface area contributed by atoms with Gasteiger partial charge in [-0.3, -0.25) is 0 Å². The molecule has 0 amide bonds. The molecular weight excluding hydrogens is 389 g/mol. The minimum atomic E-state index is 0.372. The Morgan fingerprint density at radius 2 is 1.57 bits per heavy atom. The highest BCUT2D eigenvalue weighted by Gasteiger charge is 2.09. The first kappa shape index (κ1) is 20.7. The first-order chi connectivity index (χ1) is 13.7. The summed E-state index contributed by atoms with van der Waals surface area (Å²) in [6.45, 7) is 3.51. The Kier molecular flexibility index (Phi) is 7.79. The lowest BCUT2D eigenvalue weighted by molar-refractivity contribution is 0.306. The van der Waals surface area contributed by atoms with Crippen LogP contribution in [0.5, 0.6) is 5.75 Å². The molecule has 1 atom stereocenters. The number of ether oxygens (including phenoxy) is 1. The molecule has 0 radical (unpaired) electrons. The molecule has 28 heavy (non-hydrogen) atoms. The predicted molar refractivity (Wildman–Crippen MR) is 118 cm³/mol. The second-order valence-corrected chi connectivity index (χ2v) is 7.63. The molecule has 146 valence electrons. The summed E-state index contributed by atoms with van der Waals surface area (Å²) >= 11 is 12.0. The normalized spacial score (nSPS) is 12.0. The summed E-state index contributed by atoms with van der Waals surface area (Å²) < 4.78 is 5.85. The van der Waals surface area contributed by atoms with E-state index in [0.29, 0.717) is 22.7 Å². The highest BCUT2D eigenvalue weighted by atomic mass is 35.5. The first-order valence-electron chi connectivity index (χ1n) is 9.59. The van der Waals surface area contributed by atoms with Crippen molar-refractivity contribution in [3.05, 3.63) is 99.5 Å². The van der Waals surface area contributed by atoms with Crippen LogP contribution in [0.2, 0.25) is 10.0 Å². The minimum absolute atomic E-state index is 0.372. The second-order valence-electron chi connectivity index (χ2n) is 6.81. The van der Waals surface area contributed by atoms with E-state index in [1.165, 1.54) is 11.1 Å². The molecule has 3 aromatic carbocycles. The Hall–Kier alpha value is -2.00. The maximum Gasteiger partial charge on any atom is 0.119 e. The molecule has 4 heteroatoms. The molecule has 0 aliphatic carbocycles. The molecule has 3 rings (SSSR count). The molecule has 1 N–H and O–H groups in total. The highest BCUT2D eigenvalue weighted by Crippen LogP contribution is 2.24. The third-order valence-corrected chi connectivity index (χ3v) is 5.38. The van der Waals surface area contributed by atoms with Crippen LogP contribution < -0.4 is 10.1 Å². The topological polar surface area (TPSA) is 21.3 Å². The summed E-state index contributed by atoms with van der Waals surface area (Å²) in [4.78, 5) is 0. The molecule has 0 spiro atoms. The molecule has 0 aromatic heterocycles. The average Bonchev–Trinajstić information content (AvgIpc) is 2.73. The van der Waals surface area contributed by atoms with Crippen LogP contribution in [0.3, 0.4) is 0 Å². The van der Waals surface area contributed by atoms with E-state index in [1.807, 2.05) is 24.3 Å². The molecule has 0 saturated carbocycles. The number of rotatable bonds is 9. The summed E-state index contributed by atoms with van der Waals surface area (Å²) in [5.74, 6) is 0.836. The first-order valence-corrected chi connectivity index (χ1v) is 10.4. The molecule has 0 fully saturated rings. The Balaban J connectivity index is 1.54. The predicted octanol–water partition coefficient (Wildman–Crippen LogP) is 7.20. The largest absolute Gasteiger partial charge is 0.489 e. The van der Waals surface area contributed by atoms with Crippen molar-refractivity contribution in [1.29, 1.82) is 0 Å². The third-order valence-electron chi connectivity index (χ3n) is 4.64. The maximum absolute atomic E-state index is 6.05. The molecule has 0 saturated heterocycles. The van der Waals surface area contributed by atoms with Crippen LogP contribution >= 0.6 is 23.2 Å². The number of halogens is 2. The Morgan fingerprint density at radius 3 is 2.25 bits per heavy atom. The number of hydrogen-bond acceptors (Lipinski definition) is 2. The monoisotopic (exact) mass is 413 g/mol. The van der Waals surface area contributed by atoms with Crippen molar-refractivity contribution in [2.75, 3.05) is 0 Å². The van der Waals surface area contributed by atoms with Crippen molar-refractivity contribution >= 4 is 23.2 Å². The zero-order valence-electron chi connectivity index (χ0n) is 16.0. The van der Waals surface area contributed by atoms with Crippen LogP contribution in [0.15, 0.2) is 72.8 Å². The van der Waals surface area contributed by atoms with Gasteiger partial charge in [0, 0.05) is 12.6 Å². The Bertz CT molecular complexity index is 866. The zero-order valence-corrected chi connectivity index (χ0v) is 17.5. The van der Waals surface area contributed by atoms with Gasteiger partial charge in [0.2, 0.25) is 0 Å². The van der Waals surface area contributed by atoms with E-state index in [9.17, 15) is 0 Å². The number of benzene rings is 3. The van der Waals surface area contributed by atoms with Crippen LogP contribution in [0.1, 0.15) is 42.5 Å². The van der Waals surface area contributed by atoms with Crippen LogP contribution in [0, 0.1) is 0 Å². The average molecular weight is 414 g/mol. The standard InChI is InChI=1S/C24H25Cl2NO/c1-2-6-24(20-7-4-3-5-8-20)27-16-18-9-12-21(13-10-18)28-17-19-11-14-22(25)23(26)15-19/h3-5,7-15,24,27H,2,6,16-17H2,1H3. The van der Waals surface area contributed by atoms with E-state index in [2.05, 4.69) is 54.7 Å². The van der Waals surface area contributed by atoms with Gasteiger partial charge in [-0.2, -0.15) is 0 Å². The molecule has 0 aliphatic rings. The van der Waals surface area contributed by atoms with Crippen LogP contribution in [0.4, 0.5) is 0 Å². The zero-order chi connectivity index (χ0) is 19.8. The van der Waals surface area contributed by atoms with Crippen molar-refractivity contribution in [3.8, 4) is 5.75 Å². The number of nitrogens with one attached hydrogen (secondary N) is 1. The van der Waals surface area contributed by atoms with Crippen LogP contribution in [-0.2, 0) is 13.2 Å². The quantitative estimate of drug-likeness (QED) is 0.400. The van der Waals surface area contributed by atoms with Crippen molar-refractivity contribution in [2.24, 2.45) is 0 Å². The van der Waals surface area contributed by atoms with E-state index >= 15 is 0 Å². The Labute approximate surface area is 177 Å². The lowest BCUT2D eigenvalue weighted by Gasteiger charge is -2.19. The number of hydrogen-bond donors (Lipinski definition) is 1. The summed E-state index contributed by atoms with van der Waals surface area (Å²) in [5.41, 5.74) is 3.57. The fourth-order valence-electron chi connectivity index (χ4n) is 3.10. The van der Waals surface area contributed by atoms with Gasteiger partial charge >= 0.3 is 0 Å². The summed E-state index contributed by atoms with van der Waals surface area (Å²) in [7, 11) is 0. The summed E-state index contributed by atoms with van der Waals surface area (Å²) in [5, 5.41) is 4.77. The fourth-order valence-corrected chi connectivity index (χ4v) is 3.42. The molecule has 3 aromatic rings.